The number of carbonyl (C=O) groups is 2. The van der Waals surface area contributed by atoms with E-state index in [0.717, 1.165) is 0 Å². The lowest BCUT2D eigenvalue weighted by Gasteiger charge is -2.17. The molecular weight excluding hydrogens is 259 g/mol. The summed E-state index contributed by atoms with van der Waals surface area (Å²) in [6.45, 7) is 7.43. The van der Waals surface area contributed by atoms with E-state index in [2.05, 4.69) is 10.6 Å². The van der Waals surface area contributed by atoms with Crippen LogP contribution in [-0.2, 0) is 9.59 Å². The Labute approximate surface area is 118 Å². The number of aryl methyl sites for hydroxylation is 1. The van der Waals surface area contributed by atoms with Gasteiger partial charge in [0.25, 0.3) is 0 Å². The van der Waals surface area contributed by atoms with E-state index in [9.17, 15) is 14.0 Å². The molecule has 20 heavy (non-hydrogen) atoms. The van der Waals surface area contributed by atoms with Crippen LogP contribution in [-0.4, -0.2) is 18.4 Å². The Kier molecular flexibility index (Phi) is 5.25. The number of amides is 2. The van der Waals surface area contributed by atoms with Crippen molar-refractivity contribution in [3.8, 4) is 0 Å². The van der Waals surface area contributed by atoms with Crippen LogP contribution in [0.1, 0.15) is 32.8 Å². The lowest BCUT2D eigenvalue weighted by molar-refractivity contribution is -0.128. The predicted octanol–water partition coefficient (Wildman–Crippen LogP) is 2.63. The molecule has 0 atom stereocenters. The predicted molar refractivity (Wildman–Crippen MR) is 76.8 cm³/mol. The number of halogens is 1. The van der Waals surface area contributed by atoms with Crippen LogP contribution in [0, 0.1) is 18.2 Å². The van der Waals surface area contributed by atoms with Gasteiger partial charge in [-0.15, -0.1) is 0 Å². The van der Waals surface area contributed by atoms with Crippen LogP contribution in [0.5, 0.6) is 0 Å². The van der Waals surface area contributed by atoms with Gasteiger partial charge in [0.2, 0.25) is 11.8 Å². The first-order valence-corrected chi connectivity index (χ1v) is 6.54. The van der Waals surface area contributed by atoms with Crippen LogP contribution < -0.4 is 10.6 Å². The molecule has 0 aliphatic heterocycles. The molecule has 4 nitrogen and oxygen atoms in total. The first-order valence-electron chi connectivity index (χ1n) is 6.54. The fraction of sp³-hybridized carbons (Fsp3) is 0.467. The Morgan fingerprint density at radius 1 is 1.25 bits per heavy atom. The van der Waals surface area contributed by atoms with Crippen LogP contribution in [0.2, 0.25) is 0 Å². The zero-order valence-corrected chi connectivity index (χ0v) is 12.3. The molecule has 0 heterocycles. The minimum atomic E-state index is -0.468. The highest BCUT2D eigenvalue weighted by atomic mass is 19.1. The molecule has 1 aromatic rings. The van der Waals surface area contributed by atoms with E-state index < -0.39 is 5.41 Å². The van der Waals surface area contributed by atoms with Gasteiger partial charge in [0.05, 0.1) is 0 Å². The number of benzene rings is 1. The molecule has 0 spiro atoms. The molecule has 0 bridgehead atoms. The molecule has 1 aromatic carbocycles. The summed E-state index contributed by atoms with van der Waals surface area (Å²) < 4.78 is 12.9. The van der Waals surface area contributed by atoms with E-state index in [1.165, 1.54) is 18.2 Å². The van der Waals surface area contributed by atoms with Crippen LogP contribution in [0.15, 0.2) is 18.2 Å². The van der Waals surface area contributed by atoms with E-state index in [1.807, 2.05) is 20.8 Å². The van der Waals surface area contributed by atoms with Gasteiger partial charge in [-0.2, -0.15) is 0 Å². The van der Waals surface area contributed by atoms with E-state index in [0.29, 0.717) is 11.3 Å². The Bertz CT molecular complexity index is 507. The summed E-state index contributed by atoms with van der Waals surface area (Å²) in [7, 11) is 0. The minimum absolute atomic E-state index is 0.0942. The molecule has 1 rings (SSSR count). The molecule has 2 N–H and O–H groups in total. The smallest absolute Gasteiger partial charge is 0.226 e. The average Bonchev–Trinajstić information content (AvgIpc) is 2.31. The van der Waals surface area contributed by atoms with Crippen molar-refractivity contribution in [2.45, 2.75) is 34.1 Å². The zero-order chi connectivity index (χ0) is 15.3. The van der Waals surface area contributed by atoms with Crippen molar-refractivity contribution in [2.75, 3.05) is 11.9 Å². The first-order chi connectivity index (χ1) is 9.20. The van der Waals surface area contributed by atoms with Crippen LogP contribution in [0.4, 0.5) is 10.1 Å². The Balaban J connectivity index is 2.43. The quantitative estimate of drug-likeness (QED) is 0.890. The van der Waals surface area contributed by atoms with Gasteiger partial charge in [0, 0.05) is 24.1 Å². The second-order valence-electron chi connectivity index (χ2n) is 5.76. The summed E-state index contributed by atoms with van der Waals surface area (Å²) in [5.74, 6) is -0.643. The van der Waals surface area contributed by atoms with Crippen molar-refractivity contribution >= 4 is 17.5 Å². The van der Waals surface area contributed by atoms with Gasteiger partial charge in [-0.3, -0.25) is 9.59 Å². The first kappa shape index (κ1) is 16.1. The third-order valence-electron chi connectivity index (χ3n) is 2.78. The van der Waals surface area contributed by atoms with E-state index in [1.54, 1.807) is 6.92 Å². The molecular formula is C15H21FN2O2. The molecule has 5 heteroatoms. The van der Waals surface area contributed by atoms with Gasteiger partial charge in [-0.05, 0) is 30.7 Å². The van der Waals surface area contributed by atoms with Gasteiger partial charge in [-0.1, -0.05) is 20.8 Å². The number of nitrogens with one attached hydrogen (secondary N) is 2. The van der Waals surface area contributed by atoms with E-state index >= 15 is 0 Å². The summed E-state index contributed by atoms with van der Waals surface area (Å²) in [6.07, 6.45) is 0.179. The average molecular weight is 280 g/mol. The molecule has 0 unspecified atom stereocenters. The second-order valence-corrected chi connectivity index (χ2v) is 5.76. The summed E-state index contributed by atoms with van der Waals surface area (Å²) in [6, 6.07) is 4.18. The highest BCUT2D eigenvalue weighted by Gasteiger charge is 2.20. The number of rotatable bonds is 4. The van der Waals surface area contributed by atoms with Crippen molar-refractivity contribution in [3.05, 3.63) is 29.6 Å². The van der Waals surface area contributed by atoms with Crippen molar-refractivity contribution in [1.82, 2.24) is 5.32 Å². The summed E-state index contributed by atoms with van der Waals surface area (Å²) in [5.41, 5.74) is 0.778. The second kappa shape index (κ2) is 6.50. The highest BCUT2D eigenvalue weighted by molar-refractivity contribution is 5.92. The van der Waals surface area contributed by atoms with Gasteiger partial charge >= 0.3 is 0 Å². The number of hydrogen-bond acceptors (Lipinski definition) is 2. The maximum absolute atomic E-state index is 12.9. The Morgan fingerprint density at radius 3 is 2.45 bits per heavy atom. The van der Waals surface area contributed by atoms with Crippen LogP contribution >= 0.6 is 0 Å². The molecule has 0 fully saturated rings. The highest BCUT2D eigenvalue weighted by Crippen LogP contribution is 2.16. The third-order valence-corrected chi connectivity index (χ3v) is 2.78. The fourth-order valence-electron chi connectivity index (χ4n) is 1.53. The lowest BCUT2D eigenvalue weighted by atomic mass is 9.96. The summed E-state index contributed by atoms with van der Waals surface area (Å²) >= 11 is 0. The standard InChI is InChI=1S/C15H21FN2O2/c1-10-9-11(16)5-6-12(10)18-13(19)7-8-17-14(20)15(2,3)4/h5-6,9H,7-8H2,1-4H3,(H,17,20)(H,18,19). The molecule has 0 aromatic heterocycles. The molecule has 0 aliphatic carbocycles. The van der Waals surface area contributed by atoms with E-state index in [4.69, 9.17) is 0 Å². The molecule has 110 valence electrons. The molecule has 0 saturated heterocycles. The number of anilines is 1. The normalized spacial score (nSPS) is 11.1. The molecule has 2 amide bonds. The number of carbonyl (C=O) groups excluding carboxylic acids is 2. The van der Waals surface area contributed by atoms with Gasteiger partial charge in [0.15, 0.2) is 0 Å². The Morgan fingerprint density at radius 2 is 1.90 bits per heavy atom. The third kappa shape index (κ3) is 4.99. The van der Waals surface area contributed by atoms with Gasteiger partial charge in [0.1, 0.15) is 5.82 Å². The Hall–Kier alpha value is -1.91. The monoisotopic (exact) mass is 280 g/mol. The maximum Gasteiger partial charge on any atom is 0.226 e. The summed E-state index contributed by atoms with van der Waals surface area (Å²) in [4.78, 5) is 23.3. The van der Waals surface area contributed by atoms with Crippen molar-refractivity contribution < 1.29 is 14.0 Å². The molecule has 0 aliphatic rings. The van der Waals surface area contributed by atoms with Crippen molar-refractivity contribution in [1.29, 1.82) is 0 Å². The topological polar surface area (TPSA) is 58.2 Å². The SMILES string of the molecule is Cc1cc(F)ccc1NC(=O)CCNC(=O)C(C)(C)C. The van der Waals surface area contributed by atoms with E-state index in [-0.39, 0.29) is 30.6 Å². The zero-order valence-electron chi connectivity index (χ0n) is 12.3. The van der Waals surface area contributed by atoms with Gasteiger partial charge < -0.3 is 10.6 Å². The van der Waals surface area contributed by atoms with Crippen molar-refractivity contribution in [3.63, 3.8) is 0 Å². The fourth-order valence-corrected chi connectivity index (χ4v) is 1.53. The molecule has 0 saturated carbocycles. The largest absolute Gasteiger partial charge is 0.355 e. The van der Waals surface area contributed by atoms with Crippen LogP contribution in [0.25, 0.3) is 0 Å². The van der Waals surface area contributed by atoms with Crippen LogP contribution in [0.3, 0.4) is 0 Å². The lowest BCUT2D eigenvalue weighted by Crippen LogP contribution is -2.36. The minimum Gasteiger partial charge on any atom is -0.355 e. The summed E-state index contributed by atoms with van der Waals surface area (Å²) in [5, 5.41) is 5.40. The van der Waals surface area contributed by atoms with Gasteiger partial charge in [-0.25, -0.2) is 4.39 Å². The maximum atomic E-state index is 12.9. The van der Waals surface area contributed by atoms with Crippen molar-refractivity contribution in [2.24, 2.45) is 5.41 Å². The molecule has 0 radical (unpaired) electrons. The number of hydrogen-bond donors (Lipinski definition) is 2.